The Kier molecular flexibility index (Phi) is 4.04. The van der Waals surface area contributed by atoms with Gasteiger partial charge in [0.25, 0.3) is 0 Å². The summed E-state index contributed by atoms with van der Waals surface area (Å²) in [5.41, 5.74) is 7.52. The van der Waals surface area contributed by atoms with Gasteiger partial charge in [-0.15, -0.1) is 0 Å². The second-order valence-electron chi connectivity index (χ2n) is 6.87. The first-order chi connectivity index (χ1) is 11.9. The van der Waals surface area contributed by atoms with E-state index < -0.39 is 0 Å². The molecule has 0 N–H and O–H groups in total. The Morgan fingerprint density at radius 3 is 1.72 bits per heavy atom. The number of hydrogen-bond acceptors (Lipinski definition) is 1. The van der Waals surface area contributed by atoms with E-state index in [0.29, 0.717) is 0 Å². The lowest BCUT2D eigenvalue weighted by Gasteiger charge is -2.43. The predicted octanol–water partition coefficient (Wildman–Crippen LogP) is 6.96. The van der Waals surface area contributed by atoms with Crippen LogP contribution in [0.25, 0.3) is 0 Å². The van der Waals surface area contributed by atoms with Crippen LogP contribution < -0.4 is 4.90 Å². The molecule has 4 rings (SSSR count). The molecular weight excluding hydrogens is 438 g/mol. The summed E-state index contributed by atoms with van der Waals surface area (Å²) in [7, 11) is 2.15. The first kappa shape index (κ1) is 16.9. The second kappa shape index (κ2) is 6.00. The predicted molar refractivity (Wildman–Crippen MR) is 113 cm³/mol. The molecule has 1 aliphatic heterocycles. The molecule has 0 atom stereocenters. The van der Waals surface area contributed by atoms with Gasteiger partial charge in [0.2, 0.25) is 0 Å². The lowest BCUT2D eigenvalue weighted by atomic mass is 9.68. The Morgan fingerprint density at radius 2 is 1.24 bits per heavy atom. The maximum absolute atomic E-state index is 3.67. The summed E-state index contributed by atoms with van der Waals surface area (Å²) in [6.07, 6.45) is 0. The van der Waals surface area contributed by atoms with E-state index in [4.69, 9.17) is 0 Å². The summed E-state index contributed by atoms with van der Waals surface area (Å²) in [5.74, 6) is 0. The van der Waals surface area contributed by atoms with Gasteiger partial charge in [0, 0.05) is 32.8 Å². The van der Waals surface area contributed by atoms with E-state index in [9.17, 15) is 0 Å². The van der Waals surface area contributed by atoms with E-state index in [-0.39, 0.29) is 5.41 Å². The minimum Gasteiger partial charge on any atom is -0.344 e. The minimum atomic E-state index is -0.210. The van der Waals surface area contributed by atoms with Gasteiger partial charge in [-0.2, -0.15) is 0 Å². The molecule has 0 bridgehead atoms. The molecule has 0 aromatic heterocycles. The highest BCUT2D eigenvalue weighted by Crippen LogP contribution is 2.52. The van der Waals surface area contributed by atoms with Crippen LogP contribution in [0.5, 0.6) is 0 Å². The Labute approximate surface area is 165 Å². The van der Waals surface area contributed by atoms with Gasteiger partial charge in [0.15, 0.2) is 0 Å². The van der Waals surface area contributed by atoms with Crippen LogP contribution >= 0.6 is 31.9 Å². The Balaban J connectivity index is 2.09. The fraction of sp³-hybridized carbons (Fsp3) is 0.182. The number of anilines is 2. The van der Waals surface area contributed by atoms with Crippen molar-refractivity contribution in [2.24, 2.45) is 0 Å². The molecule has 1 aliphatic rings. The van der Waals surface area contributed by atoms with Crippen molar-refractivity contribution in [2.75, 3.05) is 11.9 Å². The number of fused-ring (bicyclic) bond motifs is 2. The fourth-order valence-electron chi connectivity index (χ4n) is 3.88. The Bertz CT molecular complexity index is 907. The van der Waals surface area contributed by atoms with Crippen LogP contribution in [-0.4, -0.2) is 7.05 Å². The van der Waals surface area contributed by atoms with Gasteiger partial charge >= 0.3 is 0 Å². The summed E-state index contributed by atoms with van der Waals surface area (Å²) in [6.45, 7) is 4.47. The van der Waals surface area contributed by atoms with Crippen molar-refractivity contribution < 1.29 is 0 Å². The van der Waals surface area contributed by atoms with E-state index in [0.717, 1.165) is 8.95 Å². The molecule has 0 saturated carbocycles. The van der Waals surface area contributed by atoms with Gasteiger partial charge < -0.3 is 4.90 Å². The molecular formula is C22H19Br2N. The maximum Gasteiger partial charge on any atom is 0.0465 e. The number of rotatable bonds is 1. The smallest absolute Gasteiger partial charge is 0.0465 e. The third kappa shape index (κ3) is 2.56. The zero-order chi connectivity index (χ0) is 17.8. The highest BCUT2D eigenvalue weighted by atomic mass is 79.9. The number of benzene rings is 3. The van der Waals surface area contributed by atoms with Crippen molar-refractivity contribution in [1.82, 2.24) is 0 Å². The average Bonchev–Trinajstić information content (AvgIpc) is 2.60. The zero-order valence-electron chi connectivity index (χ0n) is 14.5. The van der Waals surface area contributed by atoms with Crippen molar-refractivity contribution in [3.05, 3.63) is 91.9 Å². The molecule has 0 fully saturated rings. The fourth-order valence-corrected chi connectivity index (χ4v) is 4.60. The molecule has 1 nitrogen and oxygen atoms in total. The maximum atomic E-state index is 3.67. The molecule has 126 valence electrons. The van der Waals surface area contributed by atoms with Crippen molar-refractivity contribution in [3.8, 4) is 0 Å². The zero-order valence-corrected chi connectivity index (χ0v) is 17.6. The average molecular weight is 457 g/mol. The van der Waals surface area contributed by atoms with Crippen molar-refractivity contribution in [2.45, 2.75) is 19.3 Å². The molecule has 0 spiro atoms. The highest BCUT2D eigenvalue weighted by Gasteiger charge is 2.40. The monoisotopic (exact) mass is 455 g/mol. The lowest BCUT2D eigenvalue weighted by Crippen LogP contribution is -2.34. The first-order valence-electron chi connectivity index (χ1n) is 8.32. The molecule has 0 saturated heterocycles. The third-order valence-electron chi connectivity index (χ3n) is 5.35. The standard InChI is InChI=1S/C22H19Br2N/c1-14-4-6-15(7-5-14)22(2)18-12-16(23)8-10-20(18)25(3)21-11-9-17(24)13-19(21)22/h4-13H,1-3H3. The van der Waals surface area contributed by atoms with Crippen molar-refractivity contribution >= 4 is 43.2 Å². The third-order valence-corrected chi connectivity index (χ3v) is 6.33. The first-order valence-corrected chi connectivity index (χ1v) is 9.91. The number of aryl methyl sites for hydroxylation is 1. The number of halogens is 2. The summed E-state index contributed by atoms with van der Waals surface area (Å²) in [6, 6.07) is 22.1. The molecule has 0 aliphatic carbocycles. The van der Waals surface area contributed by atoms with E-state index >= 15 is 0 Å². The Hall–Kier alpha value is -1.58. The van der Waals surface area contributed by atoms with Gasteiger partial charge in [-0.05, 0) is 66.9 Å². The number of hydrogen-bond donors (Lipinski definition) is 0. The minimum absolute atomic E-state index is 0.210. The van der Waals surface area contributed by atoms with Gasteiger partial charge in [-0.3, -0.25) is 0 Å². The Morgan fingerprint density at radius 1 is 0.760 bits per heavy atom. The van der Waals surface area contributed by atoms with Gasteiger partial charge in [0.1, 0.15) is 0 Å². The van der Waals surface area contributed by atoms with Crippen LogP contribution in [-0.2, 0) is 5.41 Å². The molecule has 25 heavy (non-hydrogen) atoms. The molecule has 3 aromatic rings. The van der Waals surface area contributed by atoms with Crippen LogP contribution in [0.15, 0.2) is 69.6 Å². The summed E-state index contributed by atoms with van der Waals surface area (Å²) < 4.78 is 2.22. The van der Waals surface area contributed by atoms with Crippen LogP contribution in [0.4, 0.5) is 11.4 Å². The topological polar surface area (TPSA) is 3.24 Å². The molecule has 0 unspecified atom stereocenters. The van der Waals surface area contributed by atoms with E-state index in [2.05, 4.69) is 118 Å². The molecule has 0 amide bonds. The van der Waals surface area contributed by atoms with Gasteiger partial charge in [0.05, 0.1) is 0 Å². The largest absolute Gasteiger partial charge is 0.344 e. The highest BCUT2D eigenvalue weighted by molar-refractivity contribution is 9.10. The molecule has 1 heterocycles. The van der Waals surface area contributed by atoms with Crippen LogP contribution in [0, 0.1) is 6.92 Å². The summed E-state index contributed by atoms with van der Waals surface area (Å²) in [4.78, 5) is 2.29. The quantitative estimate of drug-likeness (QED) is 0.382. The van der Waals surface area contributed by atoms with E-state index in [1.807, 2.05) is 0 Å². The second-order valence-corrected chi connectivity index (χ2v) is 8.70. The summed E-state index contributed by atoms with van der Waals surface area (Å²) in [5, 5.41) is 0. The van der Waals surface area contributed by atoms with Crippen molar-refractivity contribution in [3.63, 3.8) is 0 Å². The lowest BCUT2D eigenvalue weighted by molar-refractivity contribution is 0.677. The summed E-state index contributed by atoms with van der Waals surface area (Å²) >= 11 is 7.35. The van der Waals surface area contributed by atoms with Gasteiger partial charge in [-0.25, -0.2) is 0 Å². The van der Waals surface area contributed by atoms with Crippen LogP contribution in [0.1, 0.15) is 29.2 Å². The normalized spacial score (nSPS) is 14.8. The SMILES string of the molecule is Cc1ccc(C2(C)c3cc(Br)ccc3N(C)c3ccc(Br)cc32)cc1. The van der Waals surface area contributed by atoms with Crippen LogP contribution in [0.3, 0.4) is 0 Å². The van der Waals surface area contributed by atoms with E-state index in [1.165, 1.54) is 33.6 Å². The van der Waals surface area contributed by atoms with Crippen LogP contribution in [0.2, 0.25) is 0 Å². The van der Waals surface area contributed by atoms with E-state index in [1.54, 1.807) is 0 Å². The molecule has 3 aromatic carbocycles. The van der Waals surface area contributed by atoms with Crippen molar-refractivity contribution in [1.29, 1.82) is 0 Å². The molecule has 3 heteroatoms. The molecule has 0 radical (unpaired) electrons. The number of nitrogens with zero attached hydrogens (tertiary/aromatic N) is 1. The van der Waals surface area contributed by atoms with Gasteiger partial charge in [-0.1, -0.05) is 61.7 Å².